The zero-order valence-corrected chi connectivity index (χ0v) is 11.7. The van der Waals surface area contributed by atoms with Gasteiger partial charge in [-0.2, -0.15) is 0 Å². The van der Waals surface area contributed by atoms with Crippen LogP contribution < -0.4 is 5.73 Å². The molecule has 0 radical (unpaired) electrons. The number of nitrogens with two attached hydrogens (primary N) is 1. The summed E-state index contributed by atoms with van der Waals surface area (Å²) in [5.41, 5.74) is 7.40. The molecule has 90 valence electrons. The van der Waals surface area contributed by atoms with Crippen molar-refractivity contribution < 1.29 is 0 Å². The zero-order chi connectivity index (χ0) is 11.8. The van der Waals surface area contributed by atoms with Gasteiger partial charge in [-0.05, 0) is 24.1 Å². The molecule has 0 bridgehead atoms. The van der Waals surface area contributed by atoms with Gasteiger partial charge in [-0.1, -0.05) is 67.1 Å². The van der Waals surface area contributed by atoms with E-state index in [0.717, 1.165) is 10.9 Å². The predicted octanol–water partition coefficient (Wildman–Crippen LogP) is 4.81. The van der Waals surface area contributed by atoms with Gasteiger partial charge >= 0.3 is 0 Å². The molecule has 0 aliphatic heterocycles. The Morgan fingerprint density at radius 3 is 2.62 bits per heavy atom. The Balaban J connectivity index is 2.27. The van der Waals surface area contributed by atoms with E-state index in [2.05, 4.69) is 41.1 Å². The van der Waals surface area contributed by atoms with E-state index >= 15 is 0 Å². The molecule has 0 fully saturated rings. The summed E-state index contributed by atoms with van der Waals surface area (Å²) in [4.78, 5) is 0. The summed E-state index contributed by atoms with van der Waals surface area (Å²) in [6.45, 7) is 2.24. The normalized spacial score (nSPS) is 12.7. The van der Waals surface area contributed by atoms with E-state index in [0.29, 0.717) is 0 Å². The fourth-order valence-corrected chi connectivity index (χ4v) is 2.29. The second-order valence-electron chi connectivity index (χ2n) is 4.36. The first-order chi connectivity index (χ1) is 7.74. The molecule has 0 saturated heterocycles. The summed E-state index contributed by atoms with van der Waals surface area (Å²) in [6, 6.07) is 8.52. The van der Waals surface area contributed by atoms with Gasteiger partial charge in [-0.3, -0.25) is 0 Å². The topological polar surface area (TPSA) is 26.0 Å². The van der Waals surface area contributed by atoms with Crippen molar-refractivity contribution in [1.29, 1.82) is 0 Å². The van der Waals surface area contributed by atoms with Crippen LogP contribution in [0.4, 0.5) is 0 Å². The van der Waals surface area contributed by atoms with Gasteiger partial charge < -0.3 is 5.73 Å². The molecular formula is C14H22BrN. The monoisotopic (exact) mass is 283 g/mol. The van der Waals surface area contributed by atoms with Crippen molar-refractivity contribution in [2.75, 3.05) is 0 Å². The second kappa shape index (κ2) is 7.86. The maximum Gasteiger partial charge on any atom is 0.0295 e. The summed E-state index contributed by atoms with van der Waals surface area (Å²) < 4.78 is 1.12. The number of benzene rings is 1. The minimum Gasteiger partial charge on any atom is -0.324 e. The van der Waals surface area contributed by atoms with Crippen molar-refractivity contribution in [2.24, 2.45) is 5.73 Å². The summed E-state index contributed by atoms with van der Waals surface area (Å²) >= 11 is 3.48. The van der Waals surface area contributed by atoms with E-state index in [1.165, 1.54) is 37.7 Å². The molecular weight excluding hydrogens is 262 g/mol. The van der Waals surface area contributed by atoms with Crippen LogP contribution in [0.5, 0.6) is 0 Å². The fraction of sp³-hybridized carbons (Fsp3) is 0.571. The lowest BCUT2D eigenvalue weighted by atomic mass is 10.0. The van der Waals surface area contributed by atoms with E-state index in [1.54, 1.807) is 0 Å². The van der Waals surface area contributed by atoms with Crippen LogP contribution in [0.25, 0.3) is 0 Å². The second-order valence-corrected chi connectivity index (χ2v) is 5.28. The Kier molecular flexibility index (Phi) is 6.74. The smallest absolute Gasteiger partial charge is 0.0295 e. The van der Waals surface area contributed by atoms with E-state index < -0.39 is 0 Å². The third-order valence-corrected chi connectivity index (χ3v) is 3.39. The number of rotatable bonds is 7. The Morgan fingerprint density at radius 2 is 1.94 bits per heavy atom. The Morgan fingerprint density at radius 1 is 1.19 bits per heavy atom. The molecule has 0 saturated carbocycles. The van der Waals surface area contributed by atoms with Crippen molar-refractivity contribution in [3.05, 3.63) is 34.3 Å². The minimum atomic E-state index is 0.194. The van der Waals surface area contributed by atoms with Gasteiger partial charge in [0, 0.05) is 10.5 Å². The van der Waals surface area contributed by atoms with Gasteiger partial charge in [-0.25, -0.2) is 0 Å². The fourth-order valence-electron chi connectivity index (χ4n) is 1.87. The molecule has 0 aliphatic carbocycles. The molecule has 1 unspecified atom stereocenters. The highest BCUT2D eigenvalue weighted by molar-refractivity contribution is 9.10. The van der Waals surface area contributed by atoms with Crippen LogP contribution in [0.2, 0.25) is 0 Å². The van der Waals surface area contributed by atoms with Crippen molar-refractivity contribution in [3.8, 4) is 0 Å². The first-order valence-corrected chi connectivity index (χ1v) is 7.04. The molecule has 1 atom stereocenters. The molecule has 1 aromatic rings. The first kappa shape index (κ1) is 13.7. The summed E-state index contributed by atoms with van der Waals surface area (Å²) in [5.74, 6) is 0. The molecule has 0 amide bonds. The average Bonchev–Trinajstić information content (AvgIpc) is 2.28. The maximum absolute atomic E-state index is 6.16. The van der Waals surface area contributed by atoms with E-state index in [1.807, 2.05) is 6.07 Å². The van der Waals surface area contributed by atoms with Crippen LogP contribution in [-0.4, -0.2) is 0 Å². The number of hydrogen-bond acceptors (Lipinski definition) is 1. The van der Waals surface area contributed by atoms with E-state index in [4.69, 9.17) is 5.73 Å². The van der Waals surface area contributed by atoms with Crippen LogP contribution in [-0.2, 0) is 0 Å². The standard InChI is InChI=1S/C14H22BrN/c1-2-3-4-5-6-10-14(16)12-8-7-9-13(15)11-12/h7-9,11,14H,2-6,10,16H2,1H3. The SMILES string of the molecule is CCCCCCCC(N)c1cccc(Br)c1. The molecule has 16 heavy (non-hydrogen) atoms. The highest BCUT2D eigenvalue weighted by Crippen LogP contribution is 2.21. The van der Waals surface area contributed by atoms with Crippen molar-refractivity contribution in [2.45, 2.75) is 51.5 Å². The quantitative estimate of drug-likeness (QED) is 0.714. The Hall–Kier alpha value is -0.340. The minimum absolute atomic E-state index is 0.194. The zero-order valence-electron chi connectivity index (χ0n) is 10.1. The molecule has 0 spiro atoms. The van der Waals surface area contributed by atoms with Gasteiger partial charge in [0.15, 0.2) is 0 Å². The molecule has 0 aliphatic rings. The molecule has 0 aromatic heterocycles. The summed E-state index contributed by atoms with van der Waals surface area (Å²) in [6.07, 6.45) is 7.66. The summed E-state index contributed by atoms with van der Waals surface area (Å²) in [7, 11) is 0. The van der Waals surface area contributed by atoms with Crippen LogP contribution >= 0.6 is 15.9 Å². The maximum atomic E-state index is 6.16. The molecule has 2 N–H and O–H groups in total. The largest absolute Gasteiger partial charge is 0.324 e. The Bertz CT molecular complexity index is 299. The van der Waals surface area contributed by atoms with Crippen LogP contribution in [0.15, 0.2) is 28.7 Å². The van der Waals surface area contributed by atoms with E-state index in [-0.39, 0.29) is 6.04 Å². The Labute approximate surface area is 108 Å². The van der Waals surface area contributed by atoms with Gasteiger partial charge in [0.1, 0.15) is 0 Å². The average molecular weight is 284 g/mol. The number of hydrogen-bond donors (Lipinski definition) is 1. The molecule has 0 heterocycles. The van der Waals surface area contributed by atoms with Crippen LogP contribution in [0.1, 0.15) is 57.1 Å². The molecule has 2 heteroatoms. The summed E-state index contributed by atoms with van der Waals surface area (Å²) in [5, 5.41) is 0. The van der Waals surface area contributed by atoms with Crippen LogP contribution in [0, 0.1) is 0 Å². The lowest BCUT2D eigenvalue weighted by Gasteiger charge is -2.12. The van der Waals surface area contributed by atoms with Crippen molar-refractivity contribution in [3.63, 3.8) is 0 Å². The lowest BCUT2D eigenvalue weighted by Crippen LogP contribution is -2.09. The lowest BCUT2D eigenvalue weighted by molar-refractivity contribution is 0.555. The van der Waals surface area contributed by atoms with Gasteiger partial charge in [0.05, 0.1) is 0 Å². The van der Waals surface area contributed by atoms with Gasteiger partial charge in [0.2, 0.25) is 0 Å². The predicted molar refractivity (Wildman–Crippen MR) is 74.4 cm³/mol. The van der Waals surface area contributed by atoms with Crippen molar-refractivity contribution in [1.82, 2.24) is 0 Å². The number of unbranched alkanes of at least 4 members (excludes halogenated alkanes) is 4. The third kappa shape index (κ3) is 5.13. The number of halogens is 1. The highest BCUT2D eigenvalue weighted by Gasteiger charge is 2.05. The molecule has 1 rings (SSSR count). The van der Waals surface area contributed by atoms with Crippen molar-refractivity contribution >= 4 is 15.9 Å². The van der Waals surface area contributed by atoms with Gasteiger partial charge in [0.25, 0.3) is 0 Å². The van der Waals surface area contributed by atoms with Crippen LogP contribution in [0.3, 0.4) is 0 Å². The third-order valence-electron chi connectivity index (χ3n) is 2.90. The highest BCUT2D eigenvalue weighted by atomic mass is 79.9. The van der Waals surface area contributed by atoms with Gasteiger partial charge in [-0.15, -0.1) is 0 Å². The molecule has 1 nitrogen and oxygen atoms in total. The first-order valence-electron chi connectivity index (χ1n) is 6.25. The van der Waals surface area contributed by atoms with E-state index in [9.17, 15) is 0 Å². The molecule has 1 aromatic carbocycles.